The molecule has 0 unspecified atom stereocenters. The number of hydrogen-bond donors (Lipinski definition) is 1. The smallest absolute Gasteiger partial charge is 0.124 e. The minimum absolute atomic E-state index is 0.399. The SMILES string of the molecule is COc1ccc(OC)c([C@H](O)Cn2c(C)nc3ccccc32)c1. The van der Waals surface area contributed by atoms with E-state index >= 15 is 0 Å². The Morgan fingerprint density at radius 3 is 2.65 bits per heavy atom. The summed E-state index contributed by atoms with van der Waals surface area (Å²) in [6, 6.07) is 13.3. The van der Waals surface area contributed by atoms with E-state index < -0.39 is 6.10 Å². The van der Waals surface area contributed by atoms with Crippen LogP contribution in [0.15, 0.2) is 42.5 Å². The van der Waals surface area contributed by atoms with Crippen LogP contribution in [-0.4, -0.2) is 28.9 Å². The molecule has 0 saturated carbocycles. The fraction of sp³-hybridized carbons (Fsp3) is 0.278. The Labute approximate surface area is 135 Å². The van der Waals surface area contributed by atoms with Crippen LogP contribution in [0.2, 0.25) is 0 Å². The lowest BCUT2D eigenvalue weighted by Gasteiger charge is -2.17. The zero-order chi connectivity index (χ0) is 16.4. The zero-order valence-corrected chi connectivity index (χ0v) is 13.5. The van der Waals surface area contributed by atoms with Crippen molar-refractivity contribution in [3.05, 3.63) is 53.9 Å². The van der Waals surface area contributed by atoms with Gasteiger partial charge in [-0.05, 0) is 37.3 Å². The molecule has 1 heterocycles. The number of methoxy groups -OCH3 is 2. The van der Waals surface area contributed by atoms with Crippen LogP contribution in [0.25, 0.3) is 11.0 Å². The van der Waals surface area contributed by atoms with Crippen molar-refractivity contribution in [3.8, 4) is 11.5 Å². The van der Waals surface area contributed by atoms with E-state index in [1.165, 1.54) is 0 Å². The Morgan fingerprint density at radius 2 is 1.91 bits per heavy atom. The van der Waals surface area contributed by atoms with Crippen molar-refractivity contribution in [3.63, 3.8) is 0 Å². The Bertz CT molecular complexity index is 826. The molecule has 0 spiro atoms. The van der Waals surface area contributed by atoms with Crippen LogP contribution < -0.4 is 9.47 Å². The van der Waals surface area contributed by atoms with E-state index in [-0.39, 0.29) is 0 Å². The van der Waals surface area contributed by atoms with Gasteiger partial charge < -0.3 is 19.1 Å². The predicted molar refractivity (Wildman–Crippen MR) is 89.0 cm³/mol. The maximum Gasteiger partial charge on any atom is 0.124 e. The van der Waals surface area contributed by atoms with E-state index in [2.05, 4.69) is 4.98 Å². The van der Waals surface area contributed by atoms with Crippen molar-refractivity contribution in [2.45, 2.75) is 19.6 Å². The molecule has 0 aliphatic heterocycles. The molecule has 1 N–H and O–H groups in total. The molecule has 0 fully saturated rings. The number of para-hydroxylation sites is 2. The molecule has 0 aliphatic carbocycles. The Kier molecular flexibility index (Phi) is 4.21. The highest BCUT2D eigenvalue weighted by Crippen LogP contribution is 2.31. The van der Waals surface area contributed by atoms with E-state index in [1.807, 2.05) is 41.8 Å². The monoisotopic (exact) mass is 312 g/mol. The lowest BCUT2D eigenvalue weighted by molar-refractivity contribution is 0.153. The summed E-state index contributed by atoms with van der Waals surface area (Å²) < 4.78 is 12.6. The summed E-state index contributed by atoms with van der Waals surface area (Å²) in [6.07, 6.45) is -0.726. The van der Waals surface area contributed by atoms with Crippen LogP contribution in [0.5, 0.6) is 11.5 Å². The van der Waals surface area contributed by atoms with Gasteiger partial charge in [-0.25, -0.2) is 4.98 Å². The second kappa shape index (κ2) is 6.30. The number of nitrogens with zero attached hydrogens (tertiary/aromatic N) is 2. The molecule has 0 amide bonds. The molecule has 0 saturated heterocycles. The molecule has 0 radical (unpaired) electrons. The number of aliphatic hydroxyl groups is 1. The van der Waals surface area contributed by atoms with Crippen molar-refractivity contribution >= 4 is 11.0 Å². The van der Waals surface area contributed by atoms with E-state index in [1.54, 1.807) is 26.4 Å². The lowest BCUT2D eigenvalue weighted by Crippen LogP contribution is -2.11. The summed E-state index contributed by atoms with van der Waals surface area (Å²) in [7, 11) is 3.20. The van der Waals surface area contributed by atoms with E-state index in [0.717, 1.165) is 16.9 Å². The normalized spacial score (nSPS) is 12.3. The van der Waals surface area contributed by atoms with Gasteiger partial charge in [0, 0.05) is 5.56 Å². The predicted octanol–water partition coefficient (Wildman–Crippen LogP) is 3.10. The molecular weight excluding hydrogens is 292 g/mol. The summed E-state index contributed by atoms with van der Waals surface area (Å²) in [5, 5.41) is 10.7. The number of fused-ring (bicyclic) bond motifs is 1. The van der Waals surface area contributed by atoms with Crippen LogP contribution in [0, 0.1) is 6.92 Å². The van der Waals surface area contributed by atoms with Gasteiger partial charge in [0.2, 0.25) is 0 Å². The van der Waals surface area contributed by atoms with Crippen molar-refractivity contribution in [2.24, 2.45) is 0 Å². The number of imidazole rings is 1. The Balaban J connectivity index is 1.97. The summed E-state index contributed by atoms with van der Waals surface area (Å²) >= 11 is 0. The molecule has 3 rings (SSSR count). The molecule has 1 aromatic heterocycles. The lowest BCUT2D eigenvalue weighted by atomic mass is 10.1. The van der Waals surface area contributed by atoms with Crippen LogP contribution >= 0.6 is 0 Å². The van der Waals surface area contributed by atoms with E-state index in [9.17, 15) is 5.11 Å². The average molecular weight is 312 g/mol. The maximum atomic E-state index is 10.7. The number of aromatic nitrogens is 2. The Hall–Kier alpha value is -2.53. The van der Waals surface area contributed by atoms with Gasteiger partial charge in [-0.15, -0.1) is 0 Å². The van der Waals surface area contributed by atoms with E-state index in [4.69, 9.17) is 9.47 Å². The molecule has 1 atom stereocenters. The first kappa shape index (κ1) is 15.4. The first-order valence-electron chi connectivity index (χ1n) is 7.46. The summed E-state index contributed by atoms with van der Waals surface area (Å²) in [4.78, 5) is 4.53. The number of hydrogen-bond acceptors (Lipinski definition) is 4. The van der Waals surface area contributed by atoms with Gasteiger partial charge in [-0.3, -0.25) is 0 Å². The third-order valence-corrected chi connectivity index (χ3v) is 4.00. The highest BCUT2D eigenvalue weighted by atomic mass is 16.5. The average Bonchev–Trinajstić information content (AvgIpc) is 2.90. The molecule has 120 valence electrons. The fourth-order valence-corrected chi connectivity index (χ4v) is 2.80. The van der Waals surface area contributed by atoms with Gasteiger partial charge >= 0.3 is 0 Å². The molecule has 5 heteroatoms. The van der Waals surface area contributed by atoms with Crippen LogP contribution in [-0.2, 0) is 6.54 Å². The topological polar surface area (TPSA) is 56.5 Å². The van der Waals surface area contributed by atoms with Gasteiger partial charge in [0.15, 0.2) is 0 Å². The fourth-order valence-electron chi connectivity index (χ4n) is 2.80. The molecule has 5 nitrogen and oxygen atoms in total. The minimum atomic E-state index is -0.726. The van der Waals surface area contributed by atoms with Gasteiger partial charge in [-0.2, -0.15) is 0 Å². The van der Waals surface area contributed by atoms with Gasteiger partial charge in [0.1, 0.15) is 23.4 Å². The first-order chi connectivity index (χ1) is 11.1. The number of aryl methyl sites for hydroxylation is 1. The minimum Gasteiger partial charge on any atom is -0.497 e. The summed E-state index contributed by atoms with van der Waals surface area (Å²) in [5.41, 5.74) is 2.63. The van der Waals surface area contributed by atoms with E-state index in [0.29, 0.717) is 23.6 Å². The molecular formula is C18H20N2O3. The second-order valence-electron chi connectivity index (χ2n) is 5.38. The zero-order valence-electron chi connectivity index (χ0n) is 13.5. The molecule has 23 heavy (non-hydrogen) atoms. The standard InChI is InChI=1S/C18H20N2O3/c1-12-19-15-6-4-5-7-16(15)20(12)11-17(21)14-10-13(22-2)8-9-18(14)23-3/h4-10,17,21H,11H2,1-3H3/t17-/m1/s1. The van der Waals surface area contributed by atoms with Crippen molar-refractivity contribution in [1.82, 2.24) is 9.55 Å². The third kappa shape index (κ3) is 2.87. The number of aliphatic hydroxyl groups excluding tert-OH is 1. The second-order valence-corrected chi connectivity index (χ2v) is 5.38. The number of rotatable bonds is 5. The van der Waals surface area contributed by atoms with Gasteiger partial charge in [0.25, 0.3) is 0 Å². The molecule has 3 aromatic rings. The van der Waals surface area contributed by atoms with Crippen LogP contribution in [0.3, 0.4) is 0 Å². The summed E-state index contributed by atoms with van der Waals surface area (Å²) in [6.45, 7) is 2.34. The molecule has 0 bridgehead atoms. The first-order valence-corrected chi connectivity index (χ1v) is 7.46. The highest BCUT2D eigenvalue weighted by Gasteiger charge is 2.17. The number of ether oxygens (including phenoxy) is 2. The van der Waals surface area contributed by atoms with Crippen LogP contribution in [0.4, 0.5) is 0 Å². The highest BCUT2D eigenvalue weighted by molar-refractivity contribution is 5.75. The van der Waals surface area contributed by atoms with Gasteiger partial charge in [-0.1, -0.05) is 12.1 Å². The summed E-state index contributed by atoms with van der Waals surface area (Å²) in [5.74, 6) is 2.19. The van der Waals surface area contributed by atoms with Crippen molar-refractivity contribution in [2.75, 3.05) is 14.2 Å². The number of benzene rings is 2. The molecule has 0 aliphatic rings. The quantitative estimate of drug-likeness (QED) is 0.786. The van der Waals surface area contributed by atoms with Gasteiger partial charge in [0.05, 0.1) is 31.8 Å². The van der Waals surface area contributed by atoms with Crippen molar-refractivity contribution in [1.29, 1.82) is 0 Å². The Morgan fingerprint density at radius 1 is 1.13 bits per heavy atom. The molecule has 2 aromatic carbocycles. The maximum absolute atomic E-state index is 10.7. The largest absolute Gasteiger partial charge is 0.497 e. The van der Waals surface area contributed by atoms with Crippen molar-refractivity contribution < 1.29 is 14.6 Å². The third-order valence-electron chi connectivity index (χ3n) is 4.00. The van der Waals surface area contributed by atoms with Crippen LogP contribution in [0.1, 0.15) is 17.5 Å².